The number of benzene rings is 1. The smallest absolute Gasteiger partial charge is 0.224 e. The van der Waals surface area contributed by atoms with Crippen LogP contribution in [0.15, 0.2) is 36.5 Å². The van der Waals surface area contributed by atoms with E-state index in [4.69, 9.17) is 4.98 Å². The molecule has 4 heterocycles. The number of aromatic nitrogens is 2. The summed E-state index contributed by atoms with van der Waals surface area (Å²) in [6.07, 6.45) is 9.51. The Hall–Kier alpha value is -2.18. The summed E-state index contributed by atoms with van der Waals surface area (Å²) in [7, 11) is 0. The van der Waals surface area contributed by atoms with Crippen LogP contribution in [0.2, 0.25) is 0 Å². The van der Waals surface area contributed by atoms with E-state index in [1.807, 2.05) is 17.5 Å². The number of fused-ring (bicyclic) bond motifs is 1. The Balaban J connectivity index is 1.23. The predicted octanol–water partition coefficient (Wildman–Crippen LogP) is 5.46. The van der Waals surface area contributed by atoms with E-state index in [-0.39, 0.29) is 0 Å². The van der Waals surface area contributed by atoms with Gasteiger partial charge in [0.1, 0.15) is 5.82 Å². The van der Waals surface area contributed by atoms with Crippen molar-refractivity contribution in [2.75, 3.05) is 36.4 Å². The second-order valence-corrected chi connectivity index (χ2v) is 10.1. The van der Waals surface area contributed by atoms with E-state index in [1.54, 1.807) is 0 Å². The van der Waals surface area contributed by atoms with Gasteiger partial charge in [-0.15, -0.1) is 11.3 Å². The molecule has 0 aliphatic carbocycles. The molecule has 5 rings (SSSR count). The Bertz CT molecular complexity index is 1010. The van der Waals surface area contributed by atoms with E-state index in [2.05, 4.69) is 57.4 Å². The average molecular weight is 436 g/mol. The second kappa shape index (κ2) is 9.53. The summed E-state index contributed by atoms with van der Waals surface area (Å²) in [4.78, 5) is 15.9. The summed E-state index contributed by atoms with van der Waals surface area (Å²) in [6, 6.07) is 11.2. The first-order valence-corrected chi connectivity index (χ1v) is 12.6. The zero-order valence-electron chi connectivity index (χ0n) is 18.5. The summed E-state index contributed by atoms with van der Waals surface area (Å²) in [6.45, 7) is 7.75. The van der Waals surface area contributed by atoms with Crippen molar-refractivity contribution >= 4 is 33.2 Å². The molecule has 1 aromatic carbocycles. The van der Waals surface area contributed by atoms with Gasteiger partial charge in [-0.3, -0.25) is 4.90 Å². The number of hydrogen-bond acceptors (Lipinski definition) is 6. The van der Waals surface area contributed by atoms with Gasteiger partial charge in [0.2, 0.25) is 5.95 Å². The zero-order chi connectivity index (χ0) is 21.0. The Labute approximate surface area is 189 Å². The Morgan fingerprint density at radius 1 is 1.03 bits per heavy atom. The first-order valence-electron chi connectivity index (χ1n) is 11.8. The molecule has 1 N–H and O–H groups in total. The average Bonchev–Trinajstić information content (AvgIpc) is 2.96. The topological polar surface area (TPSA) is 44.3 Å². The van der Waals surface area contributed by atoms with Gasteiger partial charge in [0.25, 0.3) is 0 Å². The lowest BCUT2D eigenvalue weighted by Crippen LogP contribution is -2.42. The van der Waals surface area contributed by atoms with Gasteiger partial charge in [0.05, 0.1) is 0 Å². The first-order chi connectivity index (χ1) is 15.3. The highest BCUT2D eigenvalue weighted by molar-refractivity contribution is 7.19. The second-order valence-electron chi connectivity index (χ2n) is 9.00. The third-order valence-electron chi connectivity index (χ3n) is 6.72. The molecule has 2 saturated heterocycles. The van der Waals surface area contributed by atoms with Crippen LogP contribution < -0.4 is 10.2 Å². The van der Waals surface area contributed by atoms with E-state index >= 15 is 0 Å². The maximum atomic E-state index is 4.87. The normalized spacial score (nSPS) is 20.7. The molecule has 1 unspecified atom stereocenters. The van der Waals surface area contributed by atoms with E-state index in [9.17, 15) is 0 Å². The third kappa shape index (κ3) is 4.85. The molecule has 3 aromatic rings. The number of rotatable bonds is 5. The molecule has 164 valence electrons. The Kier molecular flexibility index (Phi) is 6.37. The minimum Gasteiger partial charge on any atom is -0.356 e. The molecular weight excluding hydrogens is 402 g/mol. The van der Waals surface area contributed by atoms with Crippen molar-refractivity contribution in [2.45, 2.75) is 58.0 Å². The minimum absolute atomic E-state index is 0.405. The number of nitrogens with zero attached hydrogens (tertiary/aromatic N) is 4. The number of thiophene rings is 1. The van der Waals surface area contributed by atoms with Gasteiger partial charge < -0.3 is 10.2 Å². The van der Waals surface area contributed by atoms with Gasteiger partial charge in [-0.25, -0.2) is 4.98 Å². The monoisotopic (exact) mass is 435 g/mol. The van der Waals surface area contributed by atoms with E-state index in [0.29, 0.717) is 6.04 Å². The molecule has 5 nitrogen and oxygen atoms in total. The highest BCUT2D eigenvalue weighted by Gasteiger charge is 2.22. The minimum atomic E-state index is 0.405. The predicted molar refractivity (Wildman–Crippen MR) is 131 cm³/mol. The number of nitrogens with one attached hydrogen (secondary N) is 1. The molecule has 0 spiro atoms. The van der Waals surface area contributed by atoms with Gasteiger partial charge >= 0.3 is 0 Å². The van der Waals surface area contributed by atoms with Crippen molar-refractivity contribution < 1.29 is 0 Å². The van der Waals surface area contributed by atoms with Crippen molar-refractivity contribution in [3.8, 4) is 0 Å². The molecule has 1 atom stereocenters. The van der Waals surface area contributed by atoms with E-state index < -0.39 is 0 Å². The van der Waals surface area contributed by atoms with Gasteiger partial charge in [-0.1, -0.05) is 31.0 Å². The molecule has 0 radical (unpaired) electrons. The summed E-state index contributed by atoms with van der Waals surface area (Å²) in [5, 5.41) is 5.06. The van der Waals surface area contributed by atoms with Crippen LogP contribution in [0, 0.1) is 6.92 Å². The highest BCUT2D eigenvalue weighted by atomic mass is 32.1. The van der Waals surface area contributed by atoms with Crippen LogP contribution in [0.25, 0.3) is 10.1 Å². The van der Waals surface area contributed by atoms with Crippen molar-refractivity contribution in [1.29, 1.82) is 0 Å². The number of aryl methyl sites for hydroxylation is 1. The lowest BCUT2D eigenvalue weighted by molar-refractivity contribution is 0.209. The van der Waals surface area contributed by atoms with Gasteiger partial charge in [-0.05, 0) is 62.2 Å². The number of piperidine rings is 1. The fraction of sp³-hybridized carbons (Fsp3) is 0.520. The molecule has 2 aliphatic heterocycles. The van der Waals surface area contributed by atoms with E-state index in [1.165, 1.54) is 65.6 Å². The zero-order valence-corrected chi connectivity index (χ0v) is 19.3. The summed E-state index contributed by atoms with van der Waals surface area (Å²) < 4.78 is 1.40. The van der Waals surface area contributed by atoms with Crippen LogP contribution in [-0.4, -0.2) is 47.1 Å². The molecule has 2 aliphatic rings. The lowest BCUT2D eigenvalue weighted by atomic mass is 10.1. The molecule has 31 heavy (non-hydrogen) atoms. The molecule has 0 amide bonds. The number of hydrogen-bond donors (Lipinski definition) is 1. The fourth-order valence-electron chi connectivity index (χ4n) is 4.97. The maximum absolute atomic E-state index is 4.87. The molecule has 2 fully saturated rings. The molecule has 6 heteroatoms. The lowest BCUT2D eigenvalue weighted by Gasteiger charge is -2.33. The quantitative estimate of drug-likeness (QED) is 0.577. The molecule has 0 saturated carbocycles. The highest BCUT2D eigenvalue weighted by Crippen LogP contribution is 2.32. The van der Waals surface area contributed by atoms with Crippen molar-refractivity contribution in [3.63, 3.8) is 0 Å². The van der Waals surface area contributed by atoms with Gasteiger partial charge in [-0.2, -0.15) is 4.98 Å². The summed E-state index contributed by atoms with van der Waals surface area (Å²) >= 11 is 1.95. The van der Waals surface area contributed by atoms with Crippen LogP contribution in [0.4, 0.5) is 11.8 Å². The SMILES string of the molecule is Cc1c(CN2CCCC(Nc3nccc(N4CCCCCC4)n3)C2)sc2ccccc12. The van der Waals surface area contributed by atoms with Crippen LogP contribution in [-0.2, 0) is 6.54 Å². The summed E-state index contributed by atoms with van der Waals surface area (Å²) in [5.74, 6) is 1.86. The van der Waals surface area contributed by atoms with Gasteiger partial charge in [0.15, 0.2) is 0 Å². The van der Waals surface area contributed by atoms with Crippen LogP contribution in [0.5, 0.6) is 0 Å². The van der Waals surface area contributed by atoms with E-state index in [0.717, 1.165) is 37.9 Å². The summed E-state index contributed by atoms with van der Waals surface area (Å²) in [5.41, 5.74) is 1.45. The van der Waals surface area contributed by atoms with Crippen LogP contribution in [0.3, 0.4) is 0 Å². The Morgan fingerprint density at radius 3 is 2.71 bits per heavy atom. The number of anilines is 2. The Morgan fingerprint density at radius 2 is 1.87 bits per heavy atom. The molecular formula is C25H33N5S. The molecule has 0 bridgehead atoms. The maximum Gasteiger partial charge on any atom is 0.224 e. The van der Waals surface area contributed by atoms with Crippen LogP contribution >= 0.6 is 11.3 Å². The standard InChI is InChI=1S/C25H33N5S/c1-19-21-10-4-5-11-22(21)31-23(19)18-29-14-8-9-20(17-29)27-25-26-13-12-24(28-25)30-15-6-2-3-7-16-30/h4-5,10-13,20H,2-3,6-9,14-18H2,1H3,(H,26,27,28). The van der Waals surface area contributed by atoms with Crippen molar-refractivity contribution in [1.82, 2.24) is 14.9 Å². The van der Waals surface area contributed by atoms with Crippen molar-refractivity contribution in [3.05, 3.63) is 47.0 Å². The third-order valence-corrected chi connectivity index (χ3v) is 7.98. The van der Waals surface area contributed by atoms with Crippen LogP contribution in [0.1, 0.15) is 49.0 Å². The fourth-order valence-corrected chi connectivity index (χ4v) is 6.23. The number of likely N-dealkylation sites (tertiary alicyclic amines) is 1. The van der Waals surface area contributed by atoms with Crippen molar-refractivity contribution in [2.24, 2.45) is 0 Å². The first kappa shape index (κ1) is 20.7. The largest absolute Gasteiger partial charge is 0.356 e. The molecule has 2 aromatic heterocycles. The van der Waals surface area contributed by atoms with Gasteiger partial charge in [0, 0.05) is 48.0 Å².